The molecule has 1 aliphatic rings. The Morgan fingerprint density at radius 3 is 2.79 bits per heavy atom. The fourth-order valence-corrected chi connectivity index (χ4v) is 4.22. The number of carbonyl (C=O) groups is 1. The third-order valence-corrected chi connectivity index (χ3v) is 5.50. The number of likely N-dealkylation sites (N-methyl/N-ethyl adjacent to an activating group) is 1. The van der Waals surface area contributed by atoms with Crippen LogP contribution >= 0.6 is 23.1 Å². The van der Waals surface area contributed by atoms with Gasteiger partial charge in [0.25, 0.3) is 5.91 Å². The third kappa shape index (κ3) is 3.49. The fraction of sp³-hybridized carbons (Fsp3) is 0.692. The summed E-state index contributed by atoms with van der Waals surface area (Å²) in [7, 11) is 1.75. The molecule has 1 amide bonds. The maximum Gasteiger partial charge on any atom is 0.254 e. The van der Waals surface area contributed by atoms with Crippen LogP contribution in [0.15, 0.2) is 6.20 Å². The van der Waals surface area contributed by atoms with E-state index in [9.17, 15) is 9.90 Å². The van der Waals surface area contributed by atoms with Gasteiger partial charge in [0, 0.05) is 18.1 Å². The van der Waals surface area contributed by atoms with E-state index < -0.39 is 5.60 Å². The summed E-state index contributed by atoms with van der Waals surface area (Å²) in [5.74, 6) is 1.54. The Kier molecular flexibility index (Phi) is 4.86. The lowest BCUT2D eigenvalue weighted by Gasteiger charge is -2.33. The van der Waals surface area contributed by atoms with Crippen molar-refractivity contribution >= 4 is 29.0 Å². The number of hydrogen-bond donors (Lipinski definition) is 1. The molecule has 106 valence electrons. The number of aromatic nitrogens is 1. The lowest BCUT2D eigenvalue weighted by atomic mass is 9.95. The Morgan fingerprint density at radius 2 is 2.21 bits per heavy atom. The minimum absolute atomic E-state index is 0.166. The molecule has 0 aliphatic carbocycles. The standard InChI is InChI=1S/C13H20N2O2S2/c1-3-10-8-14-11(19-10)9-15(2)12(16)13(17)4-6-18-7-5-13/h8,17H,3-7,9H2,1-2H3. The molecule has 1 fully saturated rings. The van der Waals surface area contributed by atoms with E-state index in [0.717, 1.165) is 22.9 Å². The summed E-state index contributed by atoms with van der Waals surface area (Å²) in [6, 6.07) is 0. The first-order valence-electron chi connectivity index (χ1n) is 6.54. The largest absolute Gasteiger partial charge is 0.380 e. The highest BCUT2D eigenvalue weighted by Gasteiger charge is 2.39. The number of rotatable bonds is 4. The topological polar surface area (TPSA) is 53.4 Å². The molecule has 6 heteroatoms. The molecule has 2 heterocycles. The van der Waals surface area contributed by atoms with Crippen LogP contribution in [0.5, 0.6) is 0 Å². The second kappa shape index (κ2) is 6.24. The van der Waals surface area contributed by atoms with E-state index >= 15 is 0 Å². The molecule has 0 radical (unpaired) electrons. The number of carbonyl (C=O) groups excluding carboxylic acids is 1. The van der Waals surface area contributed by atoms with Gasteiger partial charge in [-0.1, -0.05) is 6.92 Å². The lowest BCUT2D eigenvalue weighted by Crippen LogP contribution is -2.49. The maximum atomic E-state index is 12.3. The van der Waals surface area contributed by atoms with Gasteiger partial charge in [-0.3, -0.25) is 4.79 Å². The van der Waals surface area contributed by atoms with Crippen molar-refractivity contribution < 1.29 is 9.90 Å². The van der Waals surface area contributed by atoms with Crippen LogP contribution < -0.4 is 0 Å². The van der Waals surface area contributed by atoms with Crippen LogP contribution in [-0.4, -0.2) is 45.1 Å². The quantitative estimate of drug-likeness (QED) is 0.923. The highest BCUT2D eigenvalue weighted by atomic mass is 32.2. The summed E-state index contributed by atoms with van der Waals surface area (Å²) in [5, 5.41) is 11.3. The van der Waals surface area contributed by atoms with Gasteiger partial charge >= 0.3 is 0 Å². The number of nitrogens with zero attached hydrogens (tertiary/aromatic N) is 2. The Balaban J connectivity index is 1.98. The number of thioether (sulfide) groups is 1. The van der Waals surface area contributed by atoms with Gasteiger partial charge in [-0.25, -0.2) is 4.98 Å². The zero-order valence-corrected chi connectivity index (χ0v) is 13.0. The first-order valence-corrected chi connectivity index (χ1v) is 8.51. The first kappa shape index (κ1) is 14.8. The Bertz CT molecular complexity index is 442. The van der Waals surface area contributed by atoms with E-state index in [1.54, 1.807) is 35.0 Å². The number of amides is 1. The Labute approximate surface area is 122 Å². The third-order valence-electron chi connectivity index (χ3n) is 3.39. The Morgan fingerprint density at radius 1 is 1.53 bits per heavy atom. The van der Waals surface area contributed by atoms with E-state index in [1.165, 1.54) is 4.88 Å². The van der Waals surface area contributed by atoms with Crippen LogP contribution in [0.4, 0.5) is 0 Å². The fourth-order valence-electron chi connectivity index (χ4n) is 2.14. The number of thiazole rings is 1. The molecule has 0 spiro atoms. The summed E-state index contributed by atoms with van der Waals surface area (Å²) in [5.41, 5.74) is -1.16. The van der Waals surface area contributed by atoms with Crippen LogP contribution in [0.1, 0.15) is 29.7 Å². The summed E-state index contributed by atoms with van der Waals surface area (Å²) in [6.07, 6.45) is 3.94. The molecular weight excluding hydrogens is 280 g/mol. The second-order valence-electron chi connectivity index (χ2n) is 4.88. The zero-order valence-electron chi connectivity index (χ0n) is 11.4. The average molecular weight is 300 g/mol. The van der Waals surface area contributed by atoms with E-state index in [2.05, 4.69) is 11.9 Å². The molecule has 1 aromatic heterocycles. The lowest BCUT2D eigenvalue weighted by molar-refractivity contribution is -0.151. The van der Waals surface area contributed by atoms with E-state index in [4.69, 9.17) is 0 Å². The van der Waals surface area contributed by atoms with Gasteiger partial charge in [-0.15, -0.1) is 11.3 Å². The minimum atomic E-state index is -1.16. The highest BCUT2D eigenvalue weighted by molar-refractivity contribution is 7.99. The van der Waals surface area contributed by atoms with Crippen LogP contribution in [0.2, 0.25) is 0 Å². The van der Waals surface area contributed by atoms with Gasteiger partial charge in [0.05, 0.1) is 6.54 Å². The molecule has 19 heavy (non-hydrogen) atoms. The molecule has 0 atom stereocenters. The predicted octanol–water partition coefficient (Wildman–Crippen LogP) is 1.92. The second-order valence-corrected chi connectivity index (χ2v) is 7.30. The monoisotopic (exact) mass is 300 g/mol. The maximum absolute atomic E-state index is 12.3. The van der Waals surface area contributed by atoms with Crippen molar-refractivity contribution in [3.05, 3.63) is 16.1 Å². The predicted molar refractivity (Wildman–Crippen MR) is 79.5 cm³/mol. The summed E-state index contributed by atoms with van der Waals surface area (Å²) < 4.78 is 0. The van der Waals surface area contributed by atoms with Crippen molar-refractivity contribution in [2.24, 2.45) is 0 Å². The van der Waals surface area contributed by atoms with Crippen LogP contribution in [0, 0.1) is 0 Å². The molecule has 1 aliphatic heterocycles. The van der Waals surface area contributed by atoms with Gasteiger partial charge in [0.2, 0.25) is 0 Å². The molecule has 1 saturated heterocycles. The molecule has 0 aromatic carbocycles. The number of hydrogen-bond acceptors (Lipinski definition) is 5. The van der Waals surface area contributed by atoms with E-state index in [-0.39, 0.29) is 5.91 Å². The molecular formula is C13H20N2O2S2. The number of aryl methyl sites for hydroxylation is 1. The van der Waals surface area contributed by atoms with Crippen LogP contribution in [-0.2, 0) is 17.8 Å². The highest BCUT2D eigenvalue weighted by Crippen LogP contribution is 2.29. The van der Waals surface area contributed by atoms with E-state index in [0.29, 0.717) is 19.4 Å². The first-order chi connectivity index (χ1) is 9.05. The SMILES string of the molecule is CCc1cnc(CN(C)C(=O)C2(O)CCSCC2)s1. The average Bonchev–Trinajstić information content (AvgIpc) is 2.86. The van der Waals surface area contributed by atoms with Gasteiger partial charge in [-0.2, -0.15) is 11.8 Å². The molecule has 2 rings (SSSR count). The summed E-state index contributed by atoms with van der Waals surface area (Å²) >= 11 is 3.43. The molecule has 0 bridgehead atoms. The number of aliphatic hydroxyl groups is 1. The van der Waals surface area contributed by atoms with E-state index in [1.807, 2.05) is 6.20 Å². The van der Waals surface area contributed by atoms with Gasteiger partial charge in [-0.05, 0) is 30.8 Å². The summed E-state index contributed by atoms with van der Waals surface area (Å²) in [4.78, 5) is 19.5. The van der Waals surface area contributed by atoms with Gasteiger partial charge in [0.15, 0.2) is 0 Å². The molecule has 0 unspecified atom stereocenters. The van der Waals surface area contributed by atoms with Crippen molar-refractivity contribution in [3.8, 4) is 0 Å². The van der Waals surface area contributed by atoms with Crippen molar-refractivity contribution in [1.82, 2.24) is 9.88 Å². The Hall–Kier alpha value is -0.590. The molecule has 4 nitrogen and oxygen atoms in total. The minimum Gasteiger partial charge on any atom is -0.380 e. The van der Waals surface area contributed by atoms with Gasteiger partial charge in [0.1, 0.15) is 10.6 Å². The smallest absolute Gasteiger partial charge is 0.254 e. The van der Waals surface area contributed by atoms with Crippen molar-refractivity contribution in [3.63, 3.8) is 0 Å². The van der Waals surface area contributed by atoms with Crippen molar-refractivity contribution in [2.75, 3.05) is 18.6 Å². The molecule has 1 aromatic rings. The van der Waals surface area contributed by atoms with Gasteiger partial charge < -0.3 is 10.0 Å². The van der Waals surface area contributed by atoms with Crippen LogP contribution in [0.25, 0.3) is 0 Å². The molecule has 1 N–H and O–H groups in total. The normalized spacial score (nSPS) is 18.3. The zero-order chi connectivity index (χ0) is 13.9. The molecule has 0 saturated carbocycles. The van der Waals surface area contributed by atoms with Crippen molar-refractivity contribution in [1.29, 1.82) is 0 Å². The van der Waals surface area contributed by atoms with Crippen molar-refractivity contribution in [2.45, 2.75) is 38.3 Å². The van der Waals surface area contributed by atoms with Crippen LogP contribution in [0.3, 0.4) is 0 Å². The summed E-state index contributed by atoms with van der Waals surface area (Å²) in [6.45, 7) is 2.58.